The highest BCUT2D eigenvalue weighted by molar-refractivity contribution is 5.94. The first-order valence-electron chi connectivity index (χ1n) is 12.1. The van der Waals surface area contributed by atoms with E-state index in [-0.39, 0.29) is 13.2 Å². The highest BCUT2D eigenvalue weighted by atomic mass is 16.6. The summed E-state index contributed by atoms with van der Waals surface area (Å²) in [5.41, 5.74) is 4.64. The van der Waals surface area contributed by atoms with Gasteiger partial charge in [-0.3, -0.25) is 9.59 Å². The fourth-order valence-corrected chi connectivity index (χ4v) is 3.84. The third-order valence-electron chi connectivity index (χ3n) is 5.66. The van der Waals surface area contributed by atoms with Crippen LogP contribution in [0.4, 0.5) is 0 Å². The van der Waals surface area contributed by atoms with E-state index in [2.05, 4.69) is 4.98 Å². The van der Waals surface area contributed by atoms with Crippen LogP contribution in [0.2, 0.25) is 0 Å². The average molecular weight is 488 g/mol. The van der Waals surface area contributed by atoms with Gasteiger partial charge in [-0.15, -0.1) is 0 Å². The molecule has 0 N–H and O–H groups in total. The molecule has 1 aromatic heterocycles. The Morgan fingerprint density at radius 2 is 1.39 bits per heavy atom. The number of carbonyl (C=O) groups excluding carboxylic acids is 2. The lowest BCUT2D eigenvalue weighted by molar-refractivity contribution is -0.162. The number of nitrogens with zero attached hydrogens (tertiary/aromatic N) is 1. The number of aromatic nitrogens is 1. The maximum atomic E-state index is 12.1. The smallest absolute Gasteiger partial charge is 0.320 e. The van der Waals surface area contributed by atoms with Crippen molar-refractivity contribution in [2.45, 2.75) is 26.7 Å². The molecule has 3 aromatic carbocycles. The van der Waals surface area contributed by atoms with Crippen LogP contribution in [0.25, 0.3) is 33.7 Å². The number of carbonyl (C=O) groups is 2. The Labute approximate surface area is 210 Å². The first-order valence-corrected chi connectivity index (χ1v) is 12.1. The summed E-state index contributed by atoms with van der Waals surface area (Å²) in [5, 5.41) is 0. The summed E-state index contributed by atoms with van der Waals surface area (Å²) in [5.74, 6) is -0.719. The molecule has 0 aliphatic rings. The molecule has 0 spiro atoms. The quantitative estimate of drug-likeness (QED) is 0.144. The Morgan fingerprint density at radius 3 is 2.00 bits per heavy atom. The average Bonchev–Trinajstić information content (AvgIpc) is 3.34. The van der Waals surface area contributed by atoms with E-state index in [1.165, 1.54) is 0 Å². The van der Waals surface area contributed by atoms with Crippen LogP contribution in [0.3, 0.4) is 0 Å². The van der Waals surface area contributed by atoms with Crippen LogP contribution in [0.15, 0.2) is 77.2 Å². The second-order valence-electron chi connectivity index (χ2n) is 8.14. The molecule has 7 heteroatoms. The first-order chi connectivity index (χ1) is 17.6. The van der Waals surface area contributed by atoms with Crippen LogP contribution < -0.4 is 4.74 Å². The van der Waals surface area contributed by atoms with Crippen molar-refractivity contribution < 1.29 is 28.2 Å². The minimum Gasteiger partial charge on any atom is -0.494 e. The highest BCUT2D eigenvalue weighted by Crippen LogP contribution is 2.28. The van der Waals surface area contributed by atoms with E-state index in [1.54, 1.807) is 13.8 Å². The number of para-hydroxylation sites is 2. The molecular weight excluding hydrogens is 458 g/mol. The van der Waals surface area contributed by atoms with Gasteiger partial charge in [-0.25, -0.2) is 4.98 Å². The predicted molar refractivity (Wildman–Crippen MR) is 136 cm³/mol. The molecule has 0 radical (unpaired) electrons. The van der Waals surface area contributed by atoms with Crippen molar-refractivity contribution in [2.24, 2.45) is 5.92 Å². The number of esters is 2. The van der Waals surface area contributed by atoms with Crippen LogP contribution in [-0.2, 0) is 19.1 Å². The van der Waals surface area contributed by atoms with Gasteiger partial charge in [0.25, 0.3) is 0 Å². The van der Waals surface area contributed by atoms with Crippen molar-refractivity contribution in [3.8, 4) is 28.3 Å². The number of hydrogen-bond acceptors (Lipinski definition) is 7. The molecule has 0 unspecified atom stereocenters. The van der Waals surface area contributed by atoms with Gasteiger partial charge in [-0.05, 0) is 74.2 Å². The molecule has 7 nitrogen and oxygen atoms in total. The van der Waals surface area contributed by atoms with Crippen molar-refractivity contribution in [2.75, 3.05) is 19.8 Å². The van der Waals surface area contributed by atoms with Crippen molar-refractivity contribution >= 4 is 23.0 Å². The van der Waals surface area contributed by atoms with Crippen LogP contribution in [0.5, 0.6) is 5.75 Å². The Kier molecular flexibility index (Phi) is 8.34. The summed E-state index contributed by atoms with van der Waals surface area (Å²) in [6.07, 6.45) is 0.823. The lowest BCUT2D eigenvalue weighted by atomic mass is 10.0. The lowest BCUT2D eigenvalue weighted by Gasteiger charge is -2.14. The Bertz CT molecular complexity index is 1240. The van der Waals surface area contributed by atoms with Gasteiger partial charge in [-0.2, -0.15) is 0 Å². The van der Waals surface area contributed by atoms with Crippen LogP contribution in [-0.4, -0.2) is 36.7 Å². The molecule has 186 valence electrons. The van der Waals surface area contributed by atoms with Gasteiger partial charge in [0.05, 0.1) is 19.8 Å². The van der Waals surface area contributed by atoms with E-state index in [9.17, 15) is 9.59 Å². The number of fused-ring (bicyclic) bond motifs is 1. The molecule has 0 saturated carbocycles. The summed E-state index contributed by atoms with van der Waals surface area (Å²) in [4.78, 5) is 28.7. The van der Waals surface area contributed by atoms with Gasteiger partial charge in [0.2, 0.25) is 5.89 Å². The fraction of sp³-hybridized carbons (Fsp3) is 0.276. The normalized spacial score (nSPS) is 11.0. The molecule has 0 atom stereocenters. The van der Waals surface area contributed by atoms with E-state index in [1.807, 2.05) is 72.8 Å². The third kappa shape index (κ3) is 6.10. The van der Waals surface area contributed by atoms with Gasteiger partial charge in [0.1, 0.15) is 11.3 Å². The number of ether oxygens (including phenoxy) is 3. The Morgan fingerprint density at radius 1 is 0.806 bits per heavy atom. The van der Waals surface area contributed by atoms with Gasteiger partial charge in [-0.1, -0.05) is 36.4 Å². The zero-order valence-electron chi connectivity index (χ0n) is 20.4. The van der Waals surface area contributed by atoms with Crippen LogP contribution >= 0.6 is 0 Å². The zero-order chi connectivity index (χ0) is 25.3. The molecule has 0 amide bonds. The molecule has 0 aliphatic carbocycles. The second-order valence-corrected chi connectivity index (χ2v) is 8.14. The van der Waals surface area contributed by atoms with Gasteiger partial charge in [0, 0.05) is 5.56 Å². The monoisotopic (exact) mass is 487 g/mol. The molecule has 0 aliphatic heterocycles. The SMILES string of the molecule is CCOC(=O)C(CCCOc1ccc(-c2ccc(-c3nc4ccccc4o3)cc2)cc1)C(=O)OCC. The Hall–Kier alpha value is -4.13. The molecule has 4 rings (SSSR count). The molecule has 0 fully saturated rings. The minimum absolute atomic E-state index is 0.219. The van der Waals surface area contributed by atoms with Crippen molar-refractivity contribution in [3.63, 3.8) is 0 Å². The van der Waals surface area contributed by atoms with E-state index < -0.39 is 17.9 Å². The second kappa shape index (κ2) is 12.0. The third-order valence-corrected chi connectivity index (χ3v) is 5.66. The van der Waals surface area contributed by atoms with Gasteiger partial charge >= 0.3 is 11.9 Å². The number of rotatable bonds is 11. The van der Waals surface area contributed by atoms with Crippen molar-refractivity contribution in [3.05, 3.63) is 72.8 Å². The van der Waals surface area contributed by atoms with Crippen LogP contribution in [0.1, 0.15) is 26.7 Å². The number of oxazole rings is 1. The number of benzene rings is 3. The van der Waals surface area contributed by atoms with E-state index in [0.29, 0.717) is 31.1 Å². The molecular formula is C29H29NO6. The van der Waals surface area contributed by atoms with Gasteiger partial charge in [0.15, 0.2) is 11.5 Å². The van der Waals surface area contributed by atoms with Crippen molar-refractivity contribution in [1.82, 2.24) is 4.98 Å². The molecule has 1 heterocycles. The van der Waals surface area contributed by atoms with E-state index >= 15 is 0 Å². The highest BCUT2D eigenvalue weighted by Gasteiger charge is 2.28. The minimum atomic E-state index is -0.923. The van der Waals surface area contributed by atoms with Crippen LogP contribution in [0, 0.1) is 5.92 Å². The number of hydrogen-bond donors (Lipinski definition) is 0. The molecule has 36 heavy (non-hydrogen) atoms. The van der Waals surface area contributed by atoms with E-state index in [4.69, 9.17) is 18.6 Å². The zero-order valence-corrected chi connectivity index (χ0v) is 20.4. The largest absolute Gasteiger partial charge is 0.494 e. The molecule has 0 saturated heterocycles. The molecule has 4 aromatic rings. The summed E-state index contributed by atoms with van der Waals surface area (Å²) < 4.78 is 21.7. The predicted octanol–water partition coefficient (Wildman–Crippen LogP) is 6.06. The topological polar surface area (TPSA) is 87.9 Å². The summed E-state index contributed by atoms with van der Waals surface area (Å²) >= 11 is 0. The summed E-state index contributed by atoms with van der Waals surface area (Å²) in [6, 6.07) is 23.5. The van der Waals surface area contributed by atoms with E-state index in [0.717, 1.165) is 27.8 Å². The fourth-order valence-electron chi connectivity index (χ4n) is 3.84. The standard InChI is InChI=1S/C29H29NO6/c1-3-33-28(31)24(29(32)34-4-2)8-7-19-35-23-17-15-21(16-18-23)20-11-13-22(14-12-20)27-30-25-9-5-6-10-26(25)36-27/h5-6,9-18,24H,3-4,7-8,19H2,1-2H3. The summed E-state index contributed by atoms with van der Waals surface area (Å²) in [7, 11) is 0. The Balaban J connectivity index is 1.31. The van der Waals surface area contributed by atoms with Gasteiger partial charge < -0.3 is 18.6 Å². The lowest BCUT2D eigenvalue weighted by Crippen LogP contribution is -2.28. The maximum Gasteiger partial charge on any atom is 0.320 e. The maximum absolute atomic E-state index is 12.1. The first kappa shape index (κ1) is 25.0. The summed E-state index contributed by atoms with van der Waals surface area (Å²) in [6.45, 7) is 4.22. The van der Waals surface area contributed by atoms with Crippen molar-refractivity contribution in [1.29, 1.82) is 0 Å². The molecule has 0 bridgehead atoms.